The first-order valence-corrected chi connectivity index (χ1v) is 13.7. The number of fused-ring (bicyclic) bond motifs is 1. The smallest absolute Gasteiger partial charge is 0.410 e. The number of hydrogen-bond acceptors (Lipinski definition) is 8. The molecule has 1 aromatic heterocycles. The van der Waals surface area contributed by atoms with Gasteiger partial charge in [-0.25, -0.2) is 14.4 Å². The fourth-order valence-electron chi connectivity index (χ4n) is 4.63. The van der Waals surface area contributed by atoms with Gasteiger partial charge in [-0.2, -0.15) is 0 Å². The van der Waals surface area contributed by atoms with Crippen molar-refractivity contribution in [3.05, 3.63) is 118 Å². The van der Waals surface area contributed by atoms with E-state index in [0.717, 1.165) is 11.1 Å². The molecule has 0 radical (unpaired) electrons. The molecule has 1 atom stereocenters. The molecular formula is C33H31NO8. The highest BCUT2D eigenvalue weighted by atomic mass is 16.6. The lowest BCUT2D eigenvalue weighted by atomic mass is 10.1. The molecule has 42 heavy (non-hydrogen) atoms. The van der Waals surface area contributed by atoms with Crippen LogP contribution < -0.4 is 15.1 Å². The molecule has 1 aliphatic rings. The molecule has 9 heteroatoms. The van der Waals surface area contributed by atoms with Crippen LogP contribution >= 0.6 is 0 Å². The second-order valence-corrected chi connectivity index (χ2v) is 9.68. The summed E-state index contributed by atoms with van der Waals surface area (Å²) in [5.74, 6) is -0.276. The number of carbonyl (C=O) groups is 2. The lowest BCUT2D eigenvalue weighted by molar-refractivity contribution is 0.0516. The van der Waals surface area contributed by atoms with Gasteiger partial charge in [0.2, 0.25) is 0 Å². The summed E-state index contributed by atoms with van der Waals surface area (Å²) in [6.07, 6.45) is 2.82. The summed E-state index contributed by atoms with van der Waals surface area (Å²) < 4.78 is 28.5. The number of ether oxygens (including phenoxy) is 4. The molecule has 216 valence electrons. The largest absolute Gasteiger partial charge is 0.487 e. The first kappa shape index (κ1) is 28.5. The number of nitrogens with zero attached hydrogens (tertiary/aromatic N) is 1. The summed E-state index contributed by atoms with van der Waals surface area (Å²) >= 11 is 0. The molecule has 0 saturated heterocycles. The quantitative estimate of drug-likeness (QED) is 0.141. The minimum absolute atomic E-state index is 0.0862. The minimum Gasteiger partial charge on any atom is -0.487 e. The first-order valence-electron chi connectivity index (χ1n) is 13.7. The SMILES string of the molecule is CCOC(=O)c1c(OCc2ccccc2)c2ccc(O[C@H]3C=CCN(C(=O)OCc4ccccc4)C3)c(C)c2oc1=O. The molecule has 0 spiro atoms. The van der Waals surface area contributed by atoms with Crippen molar-refractivity contribution in [3.8, 4) is 11.5 Å². The number of benzene rings is 3. The number of hydrogen-bond donors (Lipinski definition) is 0. The maximum absolute atomic E-state index is 13.1. The van der Waals surface area contributed by atoms with Crippen molar-refractivity contribution in [2.24, 2.45) is 0 Å². The monoisotopic (exact) mass is 569 g/mol. The van der Waals surface area contributed by atoms with E-state index in [-0.39, 0.29) is 43.3 Å². The highest BCUT2D eigenvalue weighted by Crippen LogP contribution is 2.35. The Morgan fingerprint density at radius 2 is 1.62 bits per heavy atom. The number of esters is 1. The van der Waals surface area contributed by atoms with E-state index in [0.29, 0.717) is 23.2 Å². The summed E-state index contributed by atoms with van der Waals surface area (Å²) in [6, 6.07) is 22.3. The van der Waals surface area contributed by atoms with E-state index in [1.54, 1.807) is 30.9 Å². The summed E-state index contributed by atoms with van der Waals surface area (Å²) in [5, 5.41) is 0.434. The highest BCUT2D eigenvalue weighted by Gasteiger charge is 2.27. The van der Waals surface area contributed by atoms with Crippen molar-refractivity contribution < 1.29 is 33.0 Å². The van der Waals surface area contributed by atoms with Gasteiger partial charge in [0.05, 0.1) is 18.5 Å². The fraction of sp³-hybridized carbons (Fsp3) is 0.242. The van der Waals surface area contributed by atoms with Gasteiger partial charge in [-0.05, 0) is 43.2 Å². The molecule has 0 unspecified atom stereocenters. The van der Waals surface area contributed by atoms with Gasteiger partial charge in [0.1, 0.15) is 30.7 Å². The van der Waals surface area contributed by atoms with E-state index in [2.05, 4.69) is 0 Å². The molecule has 0 N–H and O–H groups in total. The summed E-state index contributed by atoms with van der Waals surface area (Å²) in [7, 11) is 0. The molecule has 3 aromatic carbocycles. The first-order chi connectivity index (χ1) is 20.4. The summed E-state index contributed by atoms with van der Waals surface area (Å²) in [6.45, 7) is 4.48. The zero-order valence-corrected chi connectivity index (χ0v) is 23.4. The van der Waals surface area contributed by atoms with Crippen LogP contribution in [0.4, 0.5) is 4.79 Å². The Bertz CT molecular complexity index is 1650. The third kappa shape index (κ3) is 6.46. The van der Waals surface area contributed by atoms with Crippen LogP contribution in [-0.4, -0.2) is 42.8 Å². The predicted molar refractivity (Wildman–Crippen MR) is 156 cm³/mol. The molecule has 0 bridgehead atoms. The van der Waals surface area contributed by atoms with Crippen LogP contribution in [0.25, 0.3) is 11.0 Å². The van der Waals surface area contributed by atoms with Gasteiger partial charge in [-0.1, -0.05) is 66.7 Å². The molecule has 5 rings (SSSR count). The lowest BCUT2D eigenvalue weighted by Gasteiger charge is -2.29. The van der Waals surface area contributed by atoms with Crippen LogP contribution in [-0.2, 0) is 22.7 Å². The Morgan fingerprint density at radius 3 is 2.31 bits per heavy atom. The minimum atomic E-state index is -0.867. The van der Waals surface area contributed by atoms with E-state index >= 15 is 0 Å². The lowest BCUT2D eigenvalue weighted by Crippen LogP contribution is -2.42. The van der Waals surface area contributed by atoms with Gasteiger partial charge in [-0.3, -0.25) is 0 Å². The van der Waals surface area contributed by atoms with E-state index < -0.39 is 23.8 Å². The Hall–Kier alpha value is -5.05. The Labute approximate surface area is 242 Å². The fourth-order valence-corrected chi connectivity index (χ4v) is 4.63. The predicted octanol–water partition coefficient (Wildman–Crippen LogP) is 5.81. The second kappa shape index (κ2) is 13.1. The number of aryl methyl sites for hydroxylation is 1. The molecule has 1 amide bonds. The van der Waals surface area contributed by atoms with E-state index in [1.807, 2.05) is 72.8 Å². The van der Waals surface area contributed by atoms with Gasteiger partial charge in [0.25, 0.3) is 0 Å². The third-order valence-electron chi connectivity index (χ3n) is 6.75. The maximum atomic E-state index is 13.1. The van der Waals surface area contributed by atoms with Crippen LogP contribution in [0.2, 0.25) is 0 Å². The van der Waals surface area contributed by atoms with E-state index in [9.17, 15) is 14.4 Å². The van der Waals surface area contributed by atoms with E-state index in [4.69, 9.17) is 23.4 Å². The van der Waals surface area contributed by atoms with E-state index in [1.165, 1.54) is 0 Å². The molecule has 1 aliphatic heterocycles. The van der Waals surface area contributed by atoms with Crippen molar-refractivity contribution in [2.75, 3.05) is 19.7 Å². The zero-order chi connectivity index (χ0) is 29.5. The van der Waals surface area contributed by atoms with Gasteiger partial charge < -0.3 is 28.3 Å². The molecule has 0 saturated carbocycles. The summed E-state index contributed by atoms with van der Waals surface area (Å²) in [4.78, 5) is 40.0. The van der Waals surface area contributed by atoms with Crippen molar-refractivity contribution in [1.82, 2.24) is 4.90 Å². The van der Waals surface area contributed by atoms with Gasteiger partial charge in [0.15, 0.2) is 11.3 Å². The van der Waals surface area contributed by atoms with Crippen LogP contribution in [0.5, 0.6) is 11.5 Å². The van der Waals surface area contributed by atoms with Gasteiger partial charge in [-0.15, -0.1) is 0 Å². The molecule has 0 aliphatic carbocycles. The van der Waals surface area contributed by atoms with Gasteiger partial charge >= 0.3 is 17.7 Å². The standard InChI is InChI=1S/C33H31NO8/c1-3-38-31(35)28-30(39-20-23-11-6-4-7-12-23)26-16-17-27(22(2)29(26)42-32(28)36)41-25-15-10-18-34(19-25)33(37)40-21-24-13-8-5-9-14-24/h4-17,25H,3,18-21H2,1-2H3/t25-/m0/s1. The number of carbonyl (C=O) groups excluding carboxylic acids is 2. The van der Waals surface area contributed by atoms with Crippen LogP contribution in [0.15, 0.2) is 94.2 Å². The van der Waals surface area contributed by atoms with Gasteiger partial charge in [0, 0.05) is 12.1 Å². The molecule has 4 aromatic rings. The normalized spacial score (nSPS) is 14.4. The van der Waals surface area contributed by atoms with Crippen LogP contribution in [0, 0.1) is 6.92 Å². The van der Waals surface area contributed by atoms with Crippen LogP contribution in [0.3, 0.4) is 0 Å². The molecule has 0 fully saturated rings. The maximum Gasteiger partial charge on any atom is 0.410 e. The second-order valence-electron chi connectivity index (χ2n) is 9.68. The zero-order valence-electron chi connectivity index (χ0n) is 23.4. The van der Waals surface area contributed by atoms with Crippen molar-refractivity contribution >= 4 is 23.0 Å². The number of amides is 1. The van der Waals surface area contributed by atoms with Crippen molar-refractivity contribution in [1.29, 1.82) is 0 Å². The Balaban J connectivity index is 1.37. The average Bonchev–Trinajstić information content (AvgIpc) is 3.01. The Kier molecular flexibility index (Phi) is 8.87. The molecule has 9 nitrogen and oxygen atoms in total. The van der Waals surface area contributed by atoms with Crippen molar-refractivity contribution in [2.45, 2.75) is 33.2 Å². The third-order valence-corrected chi connectivity index (χ3v) is 6.75. The average molecular weight is 570 g/mol. The van der Waals surface area contributed by atoms with Crippen molar-refractivity contribution in [3.63, 3.8) is 0 Å². The molecular weight excluding hydrogens is 538 g/mol. The highest BCUT2D eigenvalue weighted by molar-refractivity contribution is 5.99. The molecule has 2 heterocycles. The summed E-state index contributed by atoms with van der Waals surface area (Å²) in [5.41, 5.74) is 1.37. The number of rotatable bonds is 9. The Morgan fingerprint density at radius 1 is 0.929 bits per heavy atom. The topological polar surface area (TPSA) is 105 Å². The van der Waals surface area contributed by atoms with Crippen LogP contribution in [0.1, 0.15) is 34.0 Å².